The molecular formula is C12H13F3N2. The minimum atomic E-state index is -4.31. The fourth-order valence-corrected chi connectivity index (χ4v) is 2.09. The first-order valence-corrected chi connectivity index (χ1v) is 5.26. The van der Waals surface area contributed by atoms with Crippen LogP contribution >= 0.6 is 0 Å². The average molecular weight is 242 g/mol. The van der Waals surface area contributed by atoms with Gasteiger partial charge in [-0.2, -0.15) is 13.2 Å². The summed E-state index contributed by atoms with van der Waals surface area (Å²) in [6.45, 7) is -0.433. The van der Waals surface area contributed by atoms with Gasteiger partial charge in [0, 0.05) is 30.7 Å². The first kappa shape index (κ1) is 12.0. The molecule has 2 rings (SSSR count). The van der Waals surface area contributed by atoms with E-state index < -0.39 is 18.6 Å². The van der Waals surface area contributed by atoms with Crippen molar-refractivity contribution in [3.8, 4) is 0 Å². The maximum Gasteiger partial charge on any atom is 0.397 e. The molecule has 0 aliphatic heterocycles. The number of alkyl halides is 3. The van der Waals surface area contributed by atoms with E-state index in [4.69, 9.17) is 5.73 Å². The van der Waals surface area contributed by atoms with Gasteiger partial charge in [-0.3, -0.25) is 0 Å². The Morgan fingerprint density at radius 2 is 1.94 bits per heavy atom. The van der Waals surface area contributed by atoms with Crippen LogP contribution in [0.5, 0.6) is 0 Å². The molecule has 2 nitrogen and oxygen atoms in total. The van der Waals surface area contributed by atoms with Crippen LogP contribution in [-0.4, -0.2) is 17.3 Å². The number of aromatic nitrogens is 1. The van der Waals surface area contributed by atoms with E-state index in [1.165, 1.54) is 6.20 Å². The summed E-state index contributed by atoms with van der Waals surface area (Å²) in [4.78, 5) is 0. The fourth-order valence-electron chi connectivity index (χ4n) is 2.09. The van der Waals surface area contributed by atoms with E-state index in [1.54, 1.807) is 35.9 Å². The van der Waals surface area contributed by atoms with Gasteiger partial charge in [0.2, 0.25) is 0 Å². The highest BCUT2D eigenvalue weighted by molar-refractivity contribution is 5.84. The summed E-state index contributed by atoms with van der Waals surface area (Å²) < 4.78 is 40.3. The van der Waals surface area contributed by atoms with Gasteiger partial charge in [-0.15, -0.1) is 0 Å². The Morgan fingerprint density at radius 1 is 1.29 bits per heavy atom. The first-order valence-electron chi connectivity index (χ1n) is 5.26. The van der Waals surface area contributed by atoms with E-state index >= 15 is 0 Å². The van der Waals surface area contributed by atoms with Crippen molar-refractivity contribution in [2.24, 2.45) is 12.8 Å². The molecule has 0 aliphatic rings. The number of rotatable bonds is 2. The van der Waals surface area contributed by atoms with E-state index in [0.29, 0.717) is 5.39 Å². The van der Waals surface area contributed by atoms with Crippen LogP contribution in [0.1, 0.15) is 11.5 Å². The number of halogens is 3. The van der Waals surface area contributed by atoms with Crippen molar-refractivity contribution in [1.82, 2.24) is 4.57 Å². The quantitative estimate of drug-likeness (QED) is 0.862. The molecule has 17 heavy (non-hydrogen) atoms. The topological polar surface area (TPSA) is 30.9 Å². The second kappa shape index (κ2) is 4.07. The Hall–Kier alpha value is -1.49. The zero-order valence-corrected chi connectivity index (χ0v) is 9.33. The minimum absolute atomic E-state index is 0.248. The largest absolute Gasteiger partial charge is 0.397 e. The molecule has 0 aliphatic carbocycles. The number of aryl methyl sites for hydroxylation is 1. The van der Waals surface area contributed by atoms with Gasteiger partial charge in [-0.1, -0.05) is 18.2 Å². The van der Waals surface area contributed by atoms with Crippen LogP contribution in [0.2, 0.25) is 0 Å². The van der Waals surface area contributed by atoms with Gasteiger partial charge in [0.05, 0.1) is 5.92 Å². The molecule has 1 heterocycles. The Morgan fingerprint density at radius 3 is 2.53 bits per heavy atom. The van der Waals surface area contributed by atoms with Crippen LogP contribution in [0.3, 0.4) is 0 Å². The first-order chi connectivity index (χ1) is 7.95. The summed E-state index contributed by atoms with van der Waals surface area (Å²) in [5, 5.41) is 0.614. The molecule has 0 bridgehead atoms. The van der Waals surface area contributed by atoms with Crippen molar-refractivity contribution >= 4 is 10.9 Å². The number of benzene rings is 1. The SMILES string of the molecule is Cn1cc([C@@H](CN)C(F)(F)F)c2ccccc21. The highest BCUT2D eigenvalue weighted by Gasteiger charge is 2.41. The molecule has 5 heteroatoms. The second-order valence-electron chi connectivity index (χ2n) is 4.04. The van der Waals surface area contributed by atoms with E-state index in [0.717, 1.165) is 5.52 Å². The highest BCUT2D eigenvalue weighted by atomic mass is 19.4. The summed E-state index contributed by atoms with van der Waals surface area (Å²) in [6.07, 6.45) is -2.80. The molecule has 0 saturated heterocycles. The lowest BCUT2D eigenvalue weighted by Crippen LogP contribution is -2.27. The lowest BCUT2D eigenvalue weighted by atomic mass is 9.98. The summed E-state index contributed by atoms with van der Waals surface area (Å²) >= 11 is 0. The maximum absolute atomic E-state index is 12.9. The third-order valence-corrected chi connectivity index (χ3v) is 2.93. The van der Waals surface area contributed by atoms with E-state index in [2.05, 4.69) is 0 Å². The fraction of sp³-hybridized carbons (Fsp3) is 0.333. The predicted octanol–water partition coefficient (Wildman–Crippen LogP) is 2.78. The number of hydrogen-bond donors (Lipinski definition) is 1. The van der Waals surface area contributed by atoms with Crippen LogP contribution in [0.4, 0.5) is 13.2 Å². The molecule has 1 aromatic heterocycles. The normalized spacial score (nSPS) is 14.2. The highest BCUT2D eigenvalue weighted by Crippen LogP contribution is 2.37. The number of nitrogens with zero attached hydrogens (tertiary/aromatic N) is 1. The van der Waals surface area contributed by atoms with Crippen LogP contribution in [0, 0.1) is 0 Å². The van der Waals surface area contributed by atoms with Crippen molar-refractivity contribution in [3.05, 3.63) is 36.0 Å². The molecule has 0 saturated carbocycles. The summed E-state index contributed by atoms with van der Waals surface area (Å²) in [6, 6.07) is 7.02. The Bertz CT molecular complexity index is 528. The molecular weight excluding hydrogens is 229 g/mol. The van der Waals surface area contributed by atoms with Gasteiger partial charge in [0.1, 0.15) is 0 Å². The lowest BCUT2D eigenvalue weighted by molar-refractivity contribution is -0.147. The third-order valence-electron chi connectivity index (χ3n) is 2.93. The van der Waals surface area contributed by atoms with Gasteiger partial charge in [0.15, 0.2) is 0 Å². The standard InChI is InChI=1S/C12H13F3N2/c1-17-7-9(10(6-16)12(13,14)15)8-4-2-3-5-11(8)17/h2-5,7,10H,6,16H2,1H3/t10-/m1/s1. The number of hydrogen-bond acceptors (Lipinski definition) is 1. The monoisotopic (exact) mass is 242 g/mol. The molecule has 1 atom stereocenters. The maximum atomic E-state index is 12.9. The molecule has 2 aromatic rings. The summed E-state index contributed by atoms with van der Waals surface area (Å²) in [5.74, 6) is -1.60. The molecule has 92 valence electrons. The van der Waals surface area contributed by atoms with Crippen LogP contribution in [-0.2, 0) is 7.05 Å². The van der Waals surface area contributed by atoms with Crippen LogP contribution in [0.25, 0.3) is 10.9 Å². The second-order valence-corrected chi connectivity index (χ2v) is 4.04. The number of fused-ring (bicyclic) bond motifs is 1. The minimum Gasteiger partial charge on any atom is -0.350 e. The third kappa shape index (κ3) is 2.02. The zero-order valence-electron chi connectivity index (χ0n) is 9.33. The van der Waals surface area contributed by atoms with Crippen LogP contribution < -0.4 is 5.73 Å². The van der Waals surface area contributed by atoms with E-state index in [9.17, 15) is 13.2 Å². The zero-order chi connectivity index (χ0) is 12.6. The lowest BCUT2D eigenvalue weighted by Gasteiger charge is -2.17. The van der Waals surface area contributed by atoms with Gasteiger partial charge >= 0.3 is 6.18 Å². The summed E-state index contributed by atoms with van der Waals surface area (Å²) in [5.41, 5.74) is 6.29. The molecule has 0 fully saturated rings. The average Bonchev–Trinajstić information content (AvgIpc) is 2.56. The van der Waals surface area contributed by atoms with Crippen molar-refractivity contribution in [2.75, 3.05) is 6.54 Å². The van der Waals surface area contributed by atoms with Gasteiger partial charge in [-0.05, 0) is 11.6 Å². The number of nitrogens with two attached hydrogens (primary N) is 1. The number of para-hydroxylation sites is 1. The molecule has 2 N–H and O–H groups in total. The molecule has 0 spiro atoms. The van der Waals surface area contributed by atoms with Crippen molar-refractivity contribution in [2.45, 2.75) is 12.1 Å². The van der Waals surface area contributed by atoms with Gasteiger partial charge < -0.3 is 10.3 Å². The predicted molar refractivity (Wildman–Crippen MR) is 60.8 cm³/mol. The Kier molecular flexibility index (Phi) is 2.87. The van der Waals surface area contributed by atoms with Gasteiger partial charge in [-0.25, -0.2) is 0 Å². The molecule has 0 radical (unpaired) electrons. The Balaban J connectivity index is 2.62. The smallest absolute Gasteiger partial charge is 0.350 e. The molecule has 0 amide bonds. The molecule has 1 aromatic carbocycles. The van der Waals surface area contributed by atoms with Crippen molar-refractivity contribution in [1.29, 1.82) is 0 Å². The van der Waals surface area contributed by atoms with Crippen LogP contribution in [0.15, 0.2) is 30.5 Å². The van der Waals surface area contributed by atoms with Crippen molar-refractivity contribution < 1.29 is 13.2 Å². The Labute approximate surface area is 96.8 Å². The van der Waals surface area contributed by atoms with Gasteiger partial charge in [0.25, 0.3) is 0 Å². The van der Waals surface area contributed by atoms with E-state index in [-0.39, 0.29) is 5.56 Å². The van der Waals surface area contributed by atoms with E-state index in [1.807, 2.05) is 0 Å². The summed E-state index contributed by atoms with van der Waals surface area (Å²) in [7, 11) is 1.73. The van der Waals surface area contributed by atoms with Crippen molar-refractivity contribution in [3.63, 3.8) is 0 Å². The molecule has 0 unspecified atom stereocenters.